The molecule has 28 heavy (non-hydrogen) atoms. The molecule has 0 N–H and O–H groups in total. The van der Waals surface area contributed by atoms with E-state index in [1.165, 1.54) is 16.9 Å². The van der Waals surface area contributed by atoms with E-state index in [0.29, 0.717) is 10.6 Å². The Labute approximate surface area is 169 Å². The van der Waals surface area contributed by atoms with Gasteiger partial charge in [-0.3, -0.25) is 4.79 Å². The fraction of sp³-hybridized carbons (Fsp3) is 0.160. The number of carbonyl (C=O) groups is 1. The van der Waals surface area contributed by atoms with Gasteiger partial charge in [0.05, 0.1) is 0 Å². The third-order valence-corrected chi connectivity index (χ3v) is 6.09. The molecule has 2 nitrogen and oxygen atoms in total. The third-order valence-electron chi connectivity index (χ3n) is 4.93. The molecule has 4 rings (SSSR count). The van der Waals surface area contributed by atoms with Gasteiger partial charge in [0.15, 0.2) is 5.75 Å². The normalized spacial score (nSPS) is 11.0. The van der Waals surface area contributed by atoms with Crippen LogP contribution in [0.2, 0.25) is 0 Å². The standard InChI is InChI=1S/C25H22O2S/c1-4-18-10-12-19(13-11-18)27-24-21-7-5-6-8-22(21)28-25(24)23(26)20-14-9-16(2)15-17(20)3/h5-15H,4H2,1-3H3. The minimum Gasteiger partial charge on any atom is -0.455 e. The van der Waals surface area contributed by atoms with Crippen LogP contribution in [0.15, 0.2) is 66.7 Å². The first-order valence-corrected chi connectivity index (χ1v) is 10.3. The smallest absolute Gasteiger partial charge is 0.207 e. The molecule has 140 valence electrons. The number of aryl methyl sites for hydroxylation is 3. The lowest BCUT2D eigenvalue weighted by molar-refractivity contribution is 0.104. The van der Waals surface area contributed by atoms with Crippen LogP contribution in [0.25, 0.3) is 10.1 Å². The van der Waals surface area contributed by atoms with Crippen molar-refractivity contribution in [3.8, 4) is 11.5 Å². The zero-order chi connectivity index (χ0) is 19.7. The Morgan fingerprint density at radius 2 is 1.71 bits per heavy atom. The number of hydrogen-bond acceptors (Lipinski definition) is 3. The van der Waals surface area contributed by atoms with Crippen molar-refractivity contribution in [2.24, 2.45) is 0 Å². The molecule has 0 atom stereocenters. The highest BCUT2D eigenvalue weighted by molar-refractivity contribution is 7.21. The van der Waals surface area contributed by atoms with Crippen LogP contribution in [0.1, 0.15) is 38.8 Å². The van der Waals surface area contributed by atoms with E-state index in [1.807, 2.05) is 68.4 Å². The Morgan fingerprint density at radius 1 is 0.964 bits per heavy atom. The summed E-state index contributed by atoms with van der Waals surface area (Å²) >= 11 is 1.49. The molecule has 0 aliphatic carbocycles. The second kappa shape index (κ2) is 7.61. The molecule has 0 radical (unpaired) electrons. The van der Waals surface area contributed by atoms with Gasteiger partial charge < -0.3 is 4.74 Å². The van der Waals surface area contributed by atoms with E-state index >= 15 is 0 Å². The Balaban J connectivity index is 1.81. The molecule has 0 aliphatic heterocycles. The second-order valence-corrected chi connectivity index (χ2v) is 8.06. The highest BCUT2D eigenvalue weighted by Crippen LogP contribution is 2.41. The predicted octanol–water partition coefficient (Wildman–Crippen LogP) is 7.10. The van der Waals surface area contributed by atoms with Crippen molar-refractivity contribution in [3.05, 3.63) is 93.9 Å². The summed E-state index contributed by atoms with van der Waals surface area (Å²) in [6, 6.07) is 22.0. The largest absolute Gasteiger partial charge is 0.455 e. The summed E-state index contributed by atoms with van der Waals surface area (Å²) in [6.07, 6.45) is 0.984. The van der Waals surface area contributed by atoms with Gasteiger partial charge in [0.2, 0.25) is 5.78 Å². The molecule has 0 saturated carbocycles. The summed E-state index contributed by atoms with van der Waals surface area (Å²) in [5.74, 6) is 1.41. The summed E-state index contributed by atoms with van der Waals surface area (Å²) in [4.78, 5) is 14.0. The molecule has 0 aliphatic rings. The second-order valence-electron chi connectivity index (χ2n) is 7.00. The van der Waals surface area contributed by atoms with Crippen molar-refractivity contribution in [1.29, 1.82) is 0 Å². The molecule has 0 amide bonds. The van der Waals surface area contributed by atoms with Gasteiger partial charge in [0.25, 0.3) is 0 Å². The minimum absolute atomic E-state index is 0.0129. The van der Waals surface area contributed by atoms with Crippen molar-refractivity contribution in [1.82, 2.24) is 0 Å². The van der Waals surface area contributed by atoms with E-state index in [4.69, 9.17) is 4.74 Å². The summed E-state index contributed by atoms with van der Waals surface area (Å²) in [6.45, 7) is 6.15. The molecule has 0 saturated heterocycles. The maximum atomic E-state index is 13.4. The molecular formula is C25H22O2S. The predicted molar refractivity (Wildman–Crippen MR) is 117 cm³/mol. The van der Waals surface area contributed by atoms with Crippen LogP contribution < -0.4 is 4.74 Å². The first-order valence-electron chi connectivity index (χ1n) is 9.47. The van der Waals surface area contributed by atoms with Crippen LogP contribution in [0, 0.1) is 13.8 Å². The number of benzene rings is 3. The molecule has 4 aromatic rings. The SMILES string of the molecule is CCc1ccc(Oc2c(C(=O)c3ccc(C)cc3C)sc3ccccc23)cc1. The van der Waals surface area contributed by atoms with Crippen LogP contribution >= 0.6 is 11.3 Å². The van der Waals surface area contributed by atoms with Gasteiger partial charge in [-0.25, -0.2) is 0 Å². The van der Waals surface area contributed by atoms with E-state index in [1.54, 1.807) is 0 Å². The topological polar surface area (TPSA) is 26.3 Å². The average molecular weight is 387 g/mol. The molecule has 3 heteroatoms. The monoisotopic (exact) mass is 386 g/mol. The lowest BCUT2D eigenvalue weighted by Gasteiger charge is -2.10. The fourth-order valence-electron chi connectivity index (χ4n) is 3.37. The molecule has 0 fully saturated rings. The number of fused-ring (bicyclic) bond motifs is 1. The van der Waals surface area contributed by atoms with E-state index in [-0.39, 0.29) is 5.78 Å². The minimum atomic E-state index is 0.0129. The number of ketones is 1. The van der Waals surface area contributed by atoms with Gasteiger partial charge in [-0.2, -0.15) is 0 Å². The molecule has 0 unspecified atom stereocenters. The van der Waals surface area contributed by atoms with Crippen molar-refractivity contribution < 1.29 is 9.53 Å². The van der Waals surface area contributed by atoms with Crippen LogP contribution in [0.3, 0.4) is 0 Å². The summed E-state index contributed by atoms with van der Waals surface area (Å²) < 4.78 is 7.31. The van der Waals surface area contributed by atoms with E-state index in [9.17, 15) is 4.79 Å². The van der Waals surface area contributed by atoms with Gasteiger partial charge in [0.1, 0.15) is 10.6 Å². The molecular weight excluding hydrogens is 364 g/mol. The Bertz CT molecular complexity index is 1150. The van der Waals surface area contributed by atoms with Crippen molar-refractivity contribution in [2.75, 3.05) is 0 Å². The zero-order valence-corrected chi connectivity index (χ0v) is 17.1. The van der Waals surface area contributed by atoms with Crippen LogP contribution in [0.4, 0.5) is 0 Å². The lowest BCUT2D eigenvalue weighted by Crippen LogP contribution is -2.03. The zero-order valence-electron chi connectivity index (χ0n) is 16.3. The number of thiophene rings is 1. The number of rotatable bonds is 5. The molecule has 3 aromatic carbocycles. The molecule has 1 heterocycles. The van der Waals surface area contributed by atoms with Gasteiger partial charge in [-0.1, -0.05) is 55.0 Å². The Morgan fingerprint density at radius 3 is 2.43 bits per heavy atom. The maximum absolute atomic E-state index is 13.4. The summed E-state index contributed by atoms with van der Waals surface area (Å²) in [7, 11) is 0. The Kier molecular flexibility index (Phi) is 5.01. The van der Waals surface area contributed by atoms with Gasteiger partial charge in [0, 0.05) is 15.6 Å². The van der Waals surface area contributed by atoms with E-state index in [0.717, 1.165) is 38.9 Å². The maximum Gasteiger partial charge on any atom is 0.207 e. The summed E-state index contributed by atoms with van der Waals surface area (Å²) in [5, 5.41) is 0.972. The van der Waals surface area contributed by atoms with Gasteiger partial charge >= 0.3 is 0 Å². The van der Waals surface area contributed by atoms with E-state index < -0.39 is 0 Å². The van der Waals surface area contributed by atoms with Crippen molar-refractivity contribution in [2.45, 2.75) is 27.2 Å². The van der Waals surface area contributed by atoms with Crippen LogP contribution in [-0.2, 0) is 6.42 Å². The van der Waals surface area contributed by atoms with Gasteiger partial charge in [-0.05, 0) is 55.7 Å². The molecule has 1 aromatic heterocycles. The fourth-order valence-corrected chi connectivity index (χ4v) is 4.46. The highest BCUT2D eigenvalue weighted by Gasteiger charge is 2.22. The van der Waals surface area contributed by atoms with E-state index in [2.05, 4.69) is 19.1 Å². The molecule has 0 bridgehead atoms. The first kappa shape index (κ1) is 18.5. The number of carbonyl (C=O) groups excluding carboxylic acids is 1. The van der Waals surface area contributed by atoms with Crippen LogP contribution in [0.5, 0.6) is 11.5 Å². The quantitative estimate of drug-likeness (QED) is 0.342. The van der Waals surface area contributed by atoms with Gasteiger partial charge in [-0.15, -0.1) is 11.3 Å². The third kappa shape index (κ3) is 3.46. The van der Waals surface area contributed by atoms with Crippen molar-refractivity contribution >= 4 is 27.2 Å². The highest BCUT2D eigenvalue weighted by atomic mass is 32.1. The number of hydrogen-bond donors (Lipinski definition) is 0. The van der Waals surface area contributed by atoms with Crippen molar-refractivity contribution in [3.63, 3.8) is 0 Å². The number of ether oxygens (including phenoxy) is 1. The van der Waals surface area contributed by atoms with Crippen LogP contribution in [-0.4, -0.2) is 5.78 Å². The average Bonchev–Trinajstić information content (AvgIpc) is 3.07. The Hall–Kier alpha value is -2.91. The molecule has 0 spiro atoms. The lowest BCUT2D eigenvalue weighted by atomic mass is 10.0. The summed E-state index contributed by atoms with van der Waals surface area (Å²) in [5.41, 5.74) is 4.12. The first-order chi connectivity index (χ1) is 13.6.